The summed E-state index contributed by atoms with van der Waals surface area (Å²) in [6.45, 7) is 4.81. The molecule has 78 valence electrons. The second kappa shape index (κ2) is 4.08. The Morgan fingerprint density at radius 2 is 2.13 bits per heavy atom. The molecule has 5 heteroatoms. The van der Waals surface area contributed by atoms with Crippen LogP contribution in [-0.4, -0.2) is 26.7 Å². The summed E-state index contributed by atoms with van der Waals surface area (Å²) < 4.78 is 0. The molecule has 2 N–H and O–H groups in total. The Morgan fingerprint density at radius 1 is 1.33 bits per heavy atom. The zero-order chi connectivity index (χ0) is 10.7. The van der Waals surface area contributed by atoms with Crippen molar-refractivity contribution in [3.8, 4) is 11.4 Å². The third kappa shape index (κ3) is 1.96. The maximum atomic E-state index is 4.26. The summed E-state index contributed by atoms with van der Waals surface area (Å²) in [6, 6.07) is 1.93. The summed E-state index contributed by atoms with van der Waals surface area (Å²) in [6.07, 6.45) is 3.36. The second-order valence-corrected chi connectivity index (χ2v) is 3.19. The van der Waals surface area contributed by atoms with Crippen molar-refractivity contribution in [3.63, 3.8) is 0 Å². The van der Waals surface area contributed by atoms with E-state index >= 15 is 0 Å². The number of rotatable bonds is 3. The molecule has 0 aliphatic carbocycles. The monoisotopic (exact) mass is 203 g/mol. The molecule has 0 atom stereocenters. The van der Waals surface area contributed by atoms with Gasteiger partial charge in [0.25, 0.3) is 0 Å². The van der Waals surface area contributed by atoms with Gasteiger partial charge in [-0.25, -0.2) is 0 Å². The first-order valence-electron chi connectivity index (χ1n) is 4.88. The normalized spacial score (nSPS) is 10.3. The van der Waals surface area contributed by atoms with Crippen molar-refractivity contribution >= 4 is 5.82 Å². The first-order chi connectivity index (χ1) is 7.31. The van der Waals surface area contributed by atoms with Crippen molar-refractivity contribution in [3.05, 3.63) is 24.2 Å². The van der Waals surface area contributed by atoms with E-state index in [2.05, 4.69) is 25.5 Å². The minimum atomic E-state index is 0.831. The third-order valence-electron chi connectivity index (χ3n) is 2.07. The Hall–Kier alpha value is -1.91. The maximum Gasteiger partial charge on any atom is 0.148 e. The predicted molar refractivity (Wildman–Crippen MR) is 58.5 cm³/mol. The first-order valence-corrected chi connectivity index (χ1v) is 4.88. The smallest absolute Gasteiger partial charge is 0.148 e. The lowest BCUT2D eigenvalue weighted by Crippen LogP contribution is -1.95. The molecule has 0 fully saturated rings. The van der Waals surface area contributed by atoms with Gasteiger partial charge in [-0.15, -0.1) is 0 Å². The Bertz CT molecular complexity index is 449. The van der Waals surface area contributed by atoms with Gasteiger partial charge in [0, 0.05) is 25.0 Å². The van der Waals surface area contributed by atoms with Crippen LogP contribution < -0.4 is 5.32 Å². The average Bonchev–Trinajstić information content (AvgIpc) is 2.68. The fourth-order valence-corrected chi connectivity index (χ4v) is 1.39. The molecule has 0 saturated heterocycles. The number of hydrogen-bond donors (Lipinski definition) is 2. The molecule has 0 saturated carbocycles. The van der Waals surface area contributed by atoms with E-state index in [0.717, 1.165) is 29.4 Å². The molecular formula is C10H13N5. The van der Waals surface area contributed by atoms with E-state index in [0.29, 0.717) is 0 Å². The maximum absolute atomic E-state index is 4.26. The number of anilines is 1. The van der Waals surface area contributed by atoms with Gasteiger partial charge in [0.2, 0.25) is 0 Å². The van der Waals surface area contributed by atoms with Crippen LogP contribution >= 0.6 is 0 Å². The Morgan fingerprint density at radius 3 is 2.87 bits per heavy atom. The average molecular weight is 203 g/mol. The topological polar surface area (TPSA) is 66.5 Å². The standard InChI is InChI=1S/C10H13N5/c1-3-11-9-6-8(14-15-9)10-7(2)12-4-5-13-10/h4-6H,3H2,1-2H3,(H2,11,14,15). The van der Waals surface area contributed by atoms with E-state index in [1.54, 1.807) is 12.4 Å². The van der Waals surface area contributed by atoms with E-state index in [1.165, 1.54) is 0 Å². The van der Waals surface area contributed by atoms with E-state index < -0.39 is 0 Å². The predicted octanol–water partition coefficient (Wildman–Crippen LogP) is 1.61. The quantitative estimate of drug-likeness (QED) is 0.795. The largest absolute Gasteiger partial charge is 0.369 e. The van der Waals surface area contributed by atoms with Crippen LogP contribution in [0.2, 0.25) is 0 Å². The molecule has 2 aromatic rings. The van der Waals surface area contributed by atoms with E-state index in [4.69, 9.17) is 0 Å². The number of hydrogen-bond acceptors (Lipinski definition) is 4. The Balaban J connectivity index is 2.33. The molecule has 0 bridgehead atoms. The molecular weight excluding hydrogens is 190 g/mol. The van der Waals surface area contributed by atoms with Gasteiger partial charge in [-0.3, -0.25) is 15.1 Å². The number of aromatic nitrogens is 4. The van der Waals surface area contributed by atoms with Crippen molar-refractivity contribution < 1.29 is 0 Å². The van der Waals surface area contributed by atoms with Gasteiger partial charge >= 0.3 is 0 Å². The van der Waals surface area contributed by atoms with Gasteiger partial charge in [-0.1, -0.05) is 0 Å². The van der Waals surface area contributed by atoms with Crippen LogP contribution in [0.25, 0.3) is 11.4 Å². The summed E-state index contributed by atoms with van der Waals surface area (Å²) in [5.74, 6) is 0.831. The van der Waals surface area contributed by atoms with Crippen molar-refractivity contribution in [1.82, 2.24) is 20.2 Å². The molecule has 2 rings (SSSR count). The molecule has 2 aromatic heterocycles. The molecule has 0 aliphatic rings. The lowest BCUT2D eigenvalue weighted by atomic mass is 10.2. The minimum absolute atomic E-state index is 0.831. The fourth-order valence-electron chi connectivity index (χ4n) is 1.39. The highest BCUT2D eigenvalue weighted by Gasteiger charge is 2.07. The highest BCUT2D eigenvalue weighted by molar-refractivity contribution is 5.60. The Kier molecular flexibility index (Phi) is 2.62. The molecule has 0 aromatic carbocycles. The lowest BCUT2D eigenvalue weighted by molar-refractivity contribution is 1.05. The van der Waals surface area contributed by atoms with Crippen LogP contribution in [-0.2, 0) is 0 Å². The van der Waals surface area contributed by atoms with Gasteiger partial charge in [-0.2, -0.15) is 5.10 Å². The van der Waals surface area contributed by atoms with Crippen molar-refractivity contribution in [2.24, 2.45) is 0 Å². The third-order valence-corrected chi connectivity index (χ3v) is 2.07. The minimum Gasteiger partial charge on any atom is -0.369 e. The number of aromatic amines is 1. The van der Waals surface area contributed by atoms with Gasteiger partial charge in [0.05, 0.1) is 11.4 Å². The molecule has 0 spiro atoms. The summed E-state index contributed by atoms with van der Waals surface area (Å²) in [4.78, 5) is 8.44. The van der Waals surface area contributed by atoms with Crippen LogP contribution in [0.3, 0.4) is 0 Å². The molecule has 5 nitrogen and oxygen atoms in total. The van der Waals surface area contributed by atoms with Gasteiger partial charge in [-0.05, 0) is 13.8 Å². The summed E-state index contributed by atoms with van der Waals surface area (Å²) in [7, 11) is 0. The van der Waals surface area contributed by atoms with E-state index in [9.17, 15) is 0 Å². The SMILES string of the molecule is CCNc1cc(-c2nccnc2C)[nH]n1. The molecule has 0 aliphatic heterocycles. The van der Waals surface area contributed by atoms with Gasteiger partial charge < -0.3 is 5.32 Å². The Labute approximate surface area is 88.0 Å². The number of H-pyrrole nitrogens is 1. The summed E-state index contributed by atoms with van der Waals surface area (Å²) >= 11 is 0. The van der Waals surface area contributed by atoms with Crippen LogP contribution in [0.5, 0.6) is 0 Å². The zero-order valence-corrected chi connectivity index (χ0v) is 8.78. The molecule has 15 heavy (non-hydrogen) atoms. The van der Waals surface area contributed by atoms with E-state index in [1.807, 2.05) is 19.9 Å². The zero-order valence-electron chi connectivity index (χ0n) is 8.78. The van der Waals surface area contributed by atoms with Crippen LogP contribution in [0.15, 0.2) is 18.5 Å². The highest BCUT2D eigenvalue weighted by atomic mass is 15.2. The van der Waals surface area contributed by atoms with Crippen molar-refractivity contribution in [1.29, 1.82) is 0 Å². The lowest BCUT2D eigenvalue weighted by Gasteiger charge is -1.98. The molecule has 0 unspecified atom stereocenters. The van der Waals surface area contributed by atoms with Crippen molar-refractivity contribution in [2.75, 3.05) is 11.9 Å². The second-order valence-electron chi connectivity index (χ2n) is 3.19. The van der Waals surface area contributed by atoms with Crippen LogP contribution in [0, 0.1) is 6.92 Å². The molecule has 0 amide bonds. The highest BCUT2D eigenvalue weighted by Crippen LogP contribution is 2.18. The van der Waals surface area contributed by atoms with Crippen LogP contribution in [0.1, 0.15) is 12.6 Å². The molecule has 2 heterocycles. The number of aryl methyl sites for hydroxylation is 1. The van der Waals surface area contributed by atoms with Gasteiger partial charge in [0.15, 0.2) is 0 Å². The fraction of sp³-hybridized carbons (Fsp3) is 0.300. The number of nitrogens with zero attached hydrogens (tertiary/aromatic N) is 3. The van der Waals surface area contributed by atoms with E-state index in [-0.39, 0.29) is 0 Å². The first kappa shape index (κ1) is 9.64. The van der Waals surface area contributed by atoms with Crippen LogP contribution in [0.4, 0.5) is 5.82 Å². The summed E-state index contributed by atoms with van der Waals surface area (Å²) in [5, 5.41) is 10.2. The molecule has 0 radical (unpaired) electrons. The van der Waals surface area contributed by atoms with Crippen molar-refractivity contribution in [2.45, 2.75) is 13.8 Å². The number of nitrogens with one attached hydrogen (secondary N) is 2. The van der Waals surface area contributed by atoms with Gasteiger partial charge in [0.1, 0.15) is 11.5 Å². The summed E-state index contributed by atoms with van der Waals surface area (Å²) in [5.41, 5.74) is 2.62.